The van der Waals surface area contributed by atoms with Crippen LogP contribution in [0.3, 0.4) is 0 Å². The van der Waals surface area contributed by atoms with E-state index >= 15 is 0 Å². The first-order chi connectivity index (χ1) is 8.80. The molecule has 0 unspecified atom stereocenters. The molecule has 0 aliphatic carbocycles. The highest BCUT2D eigenvalue weighted by atomic mass is 15.2. The molecule has 0 radical (unpaired) electrons. The average molecular weight is 243 g/mol. The van der Waals surface area contributed by atoms with Gasteiger partial charge in [0.15, 0.2) is 0 Å². The van der Waals surface area contributed by atoms with E-state index in [2.05, 4.69) is 36.9 Å². The molecule has 0 bridgehead atoms. The standard InChI is InChI=1S/C15H21N3/c1-3-9-18(4-2)15-13(11-16)10-12-7-5-6-8-14(12)17-15/h5-8,10H,3-4,9,11,16H2,1-2H3. The van der Waals surface area contributed by atoms with Crippen molar-refractivity contribution < 1.29 is 0 Å². The number of aromatic nitrogens is 1. The van der Waals surface area contributed by atoms with E-state index in [-0.39, 0.29) is 0 Å². The first-order valence-electron chi connectivity index (χ1n) is 6.63. The van der Waals surface area contributed by atoms with Gasteiger partial charge in [-0.05, 0) is 25.5 Å². The van der Waals surface area contributed by atoms with E-state index in [0.29, 0.717) is 6.54 Å². The fourth-order valence-electron chi connectivity index (χ4n) is 2.26. The van der Waals surface area contributed by atoms with Crippen LogP contribution in [-0.4, -0.2) is 18.1 Å². The highest BCUT2D eigenvalue weighted by Gasteiger charge is 2.11. The van der Waals surface area contributed by atoms with Gasteiger partial charge in [0, 0.05) is 30.6 Å². The average Bonchev–Trinajstić information content (AvgIpc) is 2.43. The number of pyridine rings is 1. The van der Waals surface area contributed by atoms with E-state index in [1.165, 1.54) is 0 Å². The molecule has 3 nitrogen and oxygen atoms in total. The predicted molar refractivity (Wildman–Crippen MR) is 77.8 cm³/mol. The number of rotatable bonds is 5. The molecule has 3 heteroatoms. The van der Waals surface area contributed by atoms with Crippen molar-refractivity contribution in [3.05, 3.63) is 35.9 Å². The lowest BCUT2D eigenvalue weighted by atomic mass is 10.1. The molecular weight excluding hydrogens is 222 g/mol. The first-order valence-corrected chi connectivity index (χ1v) is 6.63. The number of anilines is 1. The Morgan fingerprint density at radius 3 is 2.67 bits per heavy atom. The molecule has 0 aliphatic heterocycles. The lowest BCUT2D eigenvalue weighted by molar-refractivity contribution is 0.773. The van der Waals surface area contributed by atoms with Crippen LogP contribution in [0.1, 0.15) is 25.8 Å². The Balaban J connectivity index is 2.53. The molecule has 0 saturated heterocycles. The van der Waals surface area contributed by atoms with Crippen molar-refractivity contribution in [2.24, 2.45) is 5.73 Å². The van der Waals surface area contributed by atoms with Crippen LogP contribution in [0.2, 0.25) is 0 Å². The number of nitrogens with two attached hydrogens (primary N) is 1. The zero-order valence-corrected chi connectivity index (χ0v) is 11.2. The molecule has 0 saturated carbocycles. The Morgan fingerprint density at radius 1 is 1.22 bits per heavy atom. The van der Waals surface area contributed by atoms with E-state index in [0.717, 1.165) is 41.8 Å². The fraction of sp³-hybridized carbons (Fsp3) is 0.400. The summed E-state index contributed by atoms with van der Waals surface area (Å²) in [6.45, 7) is 6.87. The van der Waals surface area contributed by atoms with Crippen LogP contribution in [0.15, 0.2) is 30.3 Å². The number of nitrogens with zero attached hydrogens (tertiary/aromatic N) is 2. The third-order valence-corrected chi connectivity index (χ3v) is 3.17. The zero-order chi connectivity index (χ0) is 13.0. The minimum atomic E-state index is 0.535. The van der Waals surface area contributed by atoms with E-state index in [1.807, 2.05) is 12.1 Å². The number of hydrogen-bond donors (Lipinski definition) is 1. The predicted octanol–water partition coefficient (Wildman–Crippen LogP) is 2.93. The zero-order valence-electron chi connectivity index (χ0n) is 11.2. The van der Waals surface area contributed by atoms with Gasteiger partial charge in [0.2, 0.25) is 0 Å². The van der Waals surface area contributed by atoms with E-state index in [4.69, 9.17) is 10.7 Å². The van der Waals surface area contributed by atoms with Gasteiger partial charge in [-0.2, -0.15) is 0 Å². The molecule has 2 N–H and O–H groups in total. The smallest absolute Gasteiger partial charge is 0.133 e. The largest absolute Gasteiger partial charge is 0.357 e. The molecule has 0 aliphatic rings. The normalized spacial score (nSPS) is 10.8. The molecule has 0 amide bonds. The summed E-state index contributed by atoms with van der Waals surface area (Å²) in [5, 5.41) is 1.16. The highest BCUT2D eigenvalue weighted by molar-refractivity contribution is 5.81. The Morgan fingerprint density at radius 2 is 2.00 bits per heavy atom. The van der Waals surface area contributed by atoms with Crippen LogP contribution in [-0.2, 0) is 6.54 Å². The van der Waals surface area contributed by atoms with Crippen LogP contribution in [0.4, 0.5) is 5.82 Å². The molecule has 0 fully saturated rings. The third-order valence-electron chi connectivity index (χ3n) is 3.17. The Hall–Kier alpha value is -1.61. The summed E-state index contributed by atoms with van der Waals surface area (Å²) in [6, 6.07) is 10.4. The number of hydrogen-bond acceptors (Lipinski definition) is 3. The molecule has 18 heavy (non-hydrogen) atoms. The number of fused-ring (bicyclic) bond motifs is 1. The quantitative estimate of drug-likeness (QED) is 0.878. The molecule has 0 spiro atoms. The van der Waals surface area contributed by atoms with Gasteiger partial charge in [-0.1, -0.05) is 25.1 Å². The Bertz CT molecular complexity index is 522. The molecule has 1 aromatic heterocycles. The van der Waals surface area contributed by atoms with Gasteiger partial charge in [0.25, 0.3) is 0 Å². The second kappa shape index (κ2) is 5.83. The topological polar surface area (TPSA) is 42.2 Å². The summed E-state index contributed by atoms with van der Waals surface area (Å²) < 4.78 is 0. The van der Waals surface area contributed by atoms with E-state index in [1.54, 1.807) is 0 Å². The summed E-state index contributed by atoms with van der Waals surface area (Å²) in [5.74, 6) is 1.04. The molecular formula is C15H21N3. The molecule has 2 rings (SSSR count). The van der Waals surface area contributed by atoms with Gasteiger partial charge in [0.05, 0.1) is 5.52 Å². The summed E-state index contributed by atoms with van der Waals surface area (Å²) >= 11 is 0. The van der Waals surface area contributed by atoms with Crippen molar-refractivity contribution in [1.29, 1.82) is 0 Å². The SMILES string of the molecule is CCCN(CC)c1nc2ccccc2cc1CN. The van der Waals surface area contributed by atoms with Crippen molar-refractivity contribution in [2.75, 3.05) is 18.0 Å². The second-order valence-electron chi connectivity index (χ2n) is 4.45. The van der Waals surface area contributed by atoms with E-state index in [9.17, 15) is 0 Å². The summed E-state index contributed by atoms with van der Waals surface area (Å²) in [6.07, 6.45) is 1.12. The maximum atomic E-state index is 5.86. The highest BCUT2D eigenvalue weighted by Crippen LogP contribution is 2.23. The van der Waals surface area contributed by atoms with Crippen molar-refractivity contribution in [3.8, 4) is 0 Å². The van der Waals surface area contributed by atoms with Crippen molar-refractivity contribution >= 4 is 16.7 Å². The van der Waals surface area contributed by atoms with Gasteiger partial charge in [-0.3, -0.25) is 0 Å². The summed E-state index contributed by atoms with van der Waals surface area (Å²) in [4.78, 5) is 7.08. The van der Waals surface area contributed by atoms with Crippen LogP contribution < -0.4 is 10.6 Å². The molecule has 1 aromatic carbocycles. The van der Waals surface area contributed by atoms with Crippen LogP contribution in [0.25, 0.3) is 10.9 Å². The van der Waals surface area contributed by atoms with Crippen molar-refractivity contribution in [2.45, 2.75) is 26.8 Å². The van der Waals surface area contributed by atoms with Gasteiger partial charge in [0.1, 0.15) is 5.82 Å². The minimum absolute atomic E-state index is 0.535. The van der Waals surface area contributed by atoms with Crippen molar-refractivity contribution in [3.63, 3.8) is 0 Å². The molecule has 0 atom stereocenters. The molecule has 2 aromatic rings. The lowest BCUT2D eigenvalue weighted by Crippen LogP contribution is -2.26. The summed E-state index contributed by atoms with van der Waals surface area (Å²) in [7, 11) is 0. The number of para-hydroxylation sites is 1. The summed E-state index contributed by atoms with van der Waals surface area (Å²) in [5.41, 5.74) is 8.03. The number of benzene rings is 1. The van der Waals surface area contributed by atoms with Crippen LogP contribution >= 0.6 is 0 Å². The maximum absolute atomic E-state index is 5.86. The van der Waals surface area contributed by atoms with Crippen LogP contribution in [0.5, 0.6) is 0 Å². The first kappa shape index (κ1) is 12.8. The van der Waals surface area contributed by atoms with E-state index < -0.39 is 0 Å². The molecule has 1 heterocycles. The second-order valence-corrected chi connectivity index (χ2v) is 4.45. The monoisotopic (exact) mass is 243 g/mol. The Kier molecular flexibility index (Phi) is 4.15. The minimum Gasteiger partial charge on any atom is -0.357 e. The fourth-order valence-corrected chi connectivity index (χ4v) is 2.26. The van der Waals surface area contributed by atoms with Gasteiger partial charge < -0.3 is 10.6 Å². The van der Waals surface area contributed by atoms with Gasteiger partial charge in [-0.15, -0.1) is 0 Å². The van der Waals surface area contributed by atoms with Gasteiger partial charge >= 0.3 is 0 Å². The Labute approximate surface area is 109 Å². The van der Waals surface area contributed by atoms with Gasteiger partial charge in [-0.25, -0.2) is 4.98 Å². The van der Waals surface area contributed by atoms with Crippen molar-refractivity contribution in [1.82, 2.24) is 4.98 Å². The third kappa shape index (κ3) is 2.46. The lowest BCUT2D eigenvalue weighted by Gasteiger charge is -2.24. The van der Waals surface area contributed by atoms with Crippen LogP contribution in [0, 0.1) is 0 Å². The maximum Gasteiger partial charge on any atom is 0.133 e. The molecule has 96 valence electrons.